The van der Waals surface area contributed by atoms with Crippen LogP contribution >= 0.6 is 23.4 Å². The Balaban J connectivity index is 1.87. The number of thioether (sulfide) groups is 1. The van der Waals surface area contributed by atoms with Crippen LogP contribution in [0.25, 0.3) is 6.08 Å². The molecule has 1 N–H and O–H groups in total. The highest BCUT2D eigenvalue weighted by Crippen LogP contribution is 2.36. The Morgan fingerprint density at radius 1 is 1.11 bits per heavy atom. The molecule has 1 aliphatic heterocycles. The van der Waals surface area contributed by atoms with Gasteiger partial charge in [0.25, 0.3) is 5.91 Å². The first-order valence-electron chi connectivity index (χ1n) is 8.95. The standard InChI is InChI=1S/C21H21ClN2O3S/c1-4-26-17-10-14(16(22)12-18(17)27-5-2)11-19-20(25)24-21(28-19)23-15-8-6-13(3)7-9-15/h6-12H,4-5H2,1-3H3,(H,23,24,25)/b19-11+. The van der Waals surface area contributed by atoms with E-state index in [9.17, 15) is 4.79 Å². The van der Waals surface area contributed by atoms with Crippen LogP contribution in [-0.4, -0.2) is 24.3 Å². The second-order valence-electron chi connectivity index (χ2n) is 6.00. The van der Waals surface area contributed by atoms with Crippen molar-refractivity contribution >= 4 is 46.2 Å². The molecule has 0 unspecified atom stereocenters. The minimum absolute atomic E-state index is 0.209. The van der Waals surface area contributed by atoms with E-state index in [1.54, 1.807) is 18.2 Å². The van der Waals surface area contributed by atoms with Crippen LogP contribution in [0.3, 0.4) is 0 Å². The lowest BCUT2D eigenvalue weighted by Gasteiger charge is -2.12. The molecule has 5 nitrogen and oxygen atoms in total. The Bertz CT molecular complexity index is 939. The van der Waals surface area contributed by atoms with Crippen molar-refractivity contribution in [1.82, 2.24) is 5.32 Å². The van der Waals surface area contributed by atoms with Gasteiger partial charge in [-0.05, 0) is 62.4 Å². The van der Waals surface area contributed by atoms with E-state index in [0.29, 0.717) is 45.4 Å². The van der Waals surface area contributed by atoms with Crippen LogP contribution in [0, 0.1) is 6.92 Å². The van der Waals surface area contributed by atoms with E-state index in [-0.39, 0.29) is 5.91 Å². The molecule has 1 heterocycles. The minimum atomic E-state index is -0.209. The lowest BCUT2D eigenvalue weighted by Crippen LogP contribution is -2.19. The van der Waals surface area contributed by atoms with Crippen molar-refractivity contribution in [3.8, 4) is 11.5 Å². The molecule has 0 aliphatic carbocycles. The van der Waals surface area contributed by atoms with Gasteiger partial charge in [0.05, 0.1) is 28.8 Å². The van der Waals surface area contributed by atoms with E-state index in [1.165, 1.54) is 11.8 Å². The summed E-state index contributed by atoms with van der Waals surface area (Å²) in [6, 6.07) is 11.3. The zero-order valence-electron chi connectivity index (χ0n) is 15.9. The van der Waals surface area contributed by atoms with Gasteiger partial charge in [0, 0.05) is 6.07 Å². The number of aliphatic imine (C=N–C) groups is 1. The highest BCUT2D eigenvalue weighted by molar-refractivity contribution is 8.18. The fraction of sp³-hybridized carbons (Fsp3) is 0.238. The quantitative estimate of drug-likeness (QED) is 0.646. The zero-order valence-corrected chi connectivity index (χ0v) is 17.5. The molecule has 1 aliphatic rings. The highest BCUT2D eigenvalue weighted by Gasteiger charge is 2.24. The van der Waals surface area contributed by atoms with Crippen LogP contribution in [0.15, 0.2) is 46.3 Å². The number of halogens is 1. The van der Waals surface area contributed by atoms with Crippen LogP contribution in [0.2, 0.25) is 5.02 Å². The predicted molar refractivity (Wildman–Crippen MR) is 116 cm³/mol. The fourth-order valence-corrected chi connectivity index (χ4v) is 3.60. The maximum Gasteiger partial charge on any atom is 0.264 e. The molecule has 0 aromatic heterocycles. The molecule has 1 amide bonds. The largest absolute Gasteiger partial charge is 0.490 e. The summed E-state index contributed by atoms with van der Waals surface area (Å²) >= 11 is 7.67. The summed E-state index contributed by atoms with van der Waals surface area (Å²) in [5, 5.41) is 3.80. The van der Waals surface area contributed by atoms with Gasteiger partial charge in [-0.3, -0.25) is 4.79 Å². The SMILES string of the molecule is CCOc1cc(Cl)c(/C=C2/SC(=Nc3ccc(C)cc3)NC2=O)cc1OCC. The van der Waals surface area contributed by atoms with E-state index < -0.39 is 0 Å². The lowest BCUT2D eigenvalue weighted by molar-refractivity contribution is -0.115. The number of carbonyl (C=O) groups is 1. The first-order valence-corrected chi connectivity index (χ1v) is 10.1. The number of hydrogen-bond donors (Lipinski definition) is 1. The van der Waals surface area contributed by atoms with E-state index in [0.717, 1.165) is 11.3 Å². The summed E-state index contributed by atoms with van der Waals surface area (Å²) in [6.07, 6.45) is 1.73. The summed E-state index contributed by atoms with van der Waals surface area (Å²) in [6.45, 7) is 6.82. The molecule has 28 heavy (non-hydrogen) atoms. The van der Waals surface area contributed by atoms with Crippen molar-refractivity contribution in [1.29, 1.82) is 0 Å². The topological polar surface area (TPSA) is 59.9 Å². The number of benzene rings is 2. The fourth-order valence-electron chi connectivity index (χ4n) is 2.56. The molecule has 0 bridgehead atoms. The average molecular weight is 417 g/mol. The summed E-state index contributed by atoms with van der Waals surface area (Å²) in [5.41, 5.74) is 2.62. The third-order valence-corrected chi connectivity index (χ3v) is 5.10. The van der Waals surface area contributed by atoms with Crippen LogP contribution in [0.5, 0.6) is 11.5 Å². The van der Waals surface area contributed by atoms with Gasteiger partial charge in [-0.25, -0.2) is 4.99 Å². The summed E-state index contributed by atoms with van der Waals surface area (Å²) < 4.78 is 11.2. The first kappa shape index (κ1) is 20.3. The van der Waals surface area contributed by atoms with Crippen LogP contribution < -0.4 is 14.8 Å². The maximum absolute atomic E-state index is 12.3. The Labute approximate surface area is 173 Å². The average Bonchev–Trinajstić information content (AvgIpc) is 3.00. The Hall–Kier alpha value is -2.44. The third-order valence-electron chi connectivity index (χ3n) is 3.86. The molecule has 7 heteroatoms. The number of rotatable bonds is 6. The Morgan fingerprint density at radius 2 is 1.75 bits per heavy atom. The Kier molecular flexibility index (Phi) is 6.65. The molecule has 0 saturated carbocycles. The van der Waals surface area contributed by atoms with Crippen LogP contribution in [0.4, 0.5) is 5.69 Å². The van der Waals surface area contributed by atoms with Crippen molar-refractivity contribution < 1.29 is 14.3 Å². The number of amides is 1. The van der Waals surface area contributed by atoms with Crippen molar-refractivity contribution in [2.24, 2.45) is 4.99 Å². The first-order chi connectivity index (χ1) is 13.5. The van der Waals surface area contributed by atoms with Crippen LogP contribution in [0.1, 0.15) is 25.0 Å². The molecule has 1 fully saturated rings. The van der Waals surface area contributed by atoms with Gasteiger partial charge < -0.3 is 14.8 Å². The van der Waals surface area contributed by atoms with Gasteiger partial charge in [0.15, 0.2) is 16.7 Å². The van der Waals surface area contributed by atoms with E-state index in [2.05, 4.69) is 10.3 Å². The molecule has 0 atom stereocenters. The van der Waals surface area contributed by atoms with Crippen LogP contribution in [-0.2, 0) is 4.79 Å². The minimum Gasteiger partial charge on any atom is -0.490 e. The Morgan fingerprint density at radius 3 is 2.39 bits per heavy atom. The number of nitrogens with zero attached hydrogens (tertiary/aromatic N) is 1. The molecule has 146 valence electrons. The number of ether oxygens (including phenoxy) is 2. The van der Waals surface area contributed by atoms with E-state index in [1.807, 2.05) is 45.0 Å². The molecule has 0 radical (unpaired) electrons. The molecular weight excluding hydrogens is 396 g/mol. The van der Waals surface area contributed by atoms with E-state index >= 15 is 0 Å². The van der Waals surface area contributed by atoms with Gasteiger partial charge in [0.2, 0.25) is 0 Å². The summed E-state index contributed by atoms with van der Waals surface area (Å²) in [7, 11) is 0. The van der Waals surface area contributed by atoms with Crippen molar-refractivity contribution in [2.75, 3.05) is 13.2 Å². The number of amidine groups is 1. The van der Waals surface area contributed by atoms with Gasteiger partial charge in [-0.2, -0.15) is 0 Å². The monoisotopic (exact) mass is 416 g/mol. The van der Waals surface area contributed by atoms with E-state index in [4.69, 9.17) is 21.1 Å². The van der Waals surface area contributed by atoms with Gasteiger partial charge in [-0.15, -0.1) is 0 Å². The van der Waals surface area contributed by atoms with Gasteiger partial charge in [0.1, 0.15) is 0 Å². The number of aryl methyl sites for hydroxylation is 1. The molecule has 0 spiro atoms. The maximum atomic E-state index is 12.3. The number of nitrogens with one attached hydrogen (secondary N) is 1. The van der Waals surface area contributed by atoms with Crippen molar-refractivity contribution in [3.05, 3.63) is 57.5 Å². The molecule has 1 saturated heterocycles. The predicted octanol–water partition coefficient (Wildman–Crippen LogP) is 5.34. The molecule has 3 rings (SSSR count). The molecule has 2 aromatic rings. The van der Waals surface area contributed by atoms with Crippen molar-refractivity contribution in [2.45, 2.75) is 20.8 Å². The summed E-state index contributed by atoms with van der Waals surface area (Å²) in [4.78, 5) is 17.3. The van der Waals surface area contributed by atoms with Gasteiger partial charge in [-0.1, -0.05) is 29.3 Å². The second kappa shape index (κ2) is 9.17. The second-order valence-corrected chi connectivity index (χ2v) is 7.44. The molecular formula is C21H21ClN2O3S. The van der Waals surface area contributed by atoms with Crippen molar-refractivity contribution in [3.63, 3.8) is 0 Å². The highest BCUT2D eigenvalue weighted by atomic mass is 35.5. The number of hydrogen-bond acceptors (Lipinski definition) is 5. The third kappa shape index (κ3) is 4.88. The van der Waals surface area contributed by atoms with Gasteiger partial charge >= 0.3 is 0 Å². The smallest absolute Gasteiger partial charge is 0.264 e. The molecule has 2 aromatic carbocycles. The number of carbonyl (C=O) groups excluding carboxylic acids is 1. The lowest BCUT2D eigenvalue weighted by atomic mass is 10.1. The normalized spacial score (nSPS) is 16.5. The zero-order chi connectivity index (χ0) is 20.1. The summed E-state index contributed by atoms with van der Waals surface area (Å²) in [5.74, 6) is 0.970.